The molecule has 7 nitrogen and oxygen atoms in total. The molecule has 3 atom stereocenters. The van der Waals surface area contributed by atoms with Crippen LogP contribution in [-0.2, 0) is 32.1 Å². The Morgan fingerprint density at radius 3 is 2.31 bits per heavy atom. The number of primary amides is 1. The highest BCUT2D eigenvalue weighted by atomic mass is 16.5. The largest absolute Gasteiger partial charge is 0.461 e. The molecule has 2 aromatic rings. The molecule has 1 heterocycles. The van der Waals surface area contributed by atoms with E-state index in [9.17, 15) is 14.4 Å². The van der Waals surface area contributed by atoms with E-state index < -0.39 is 24.0 Å². The van der Waals surface area contributed by atoms with E-state index in [1.54, 1.807) is 0 Å². The molecule has 0 aliphatic carbocycles. The highest BCUT2D eigenvalue weighted by Crippen LogP contribution is 2.15. The molecule has 1 unspecified atom stereocenters. The number of amides is 2. The Morgan fingerprint density at radius 2 is 1.69 bits per heavy atom. The molecule has 0 radical (unpaired) electrons. The van der Waals surface area contributed by atoms with Crippen LogP contribution in [0.3, 0.4) is 0 Å². The van der Waals surface area contributed by atoms with E-state index >= 15 is 0 Å². The first-order chi connectivity index (χ1) is 14.0. The quantitative estimate of drug-likeness (QED) is 0.550. The summed E-state index contributed by atoms with van der Waals surface area (Å²) in [5.74, 6) is -1.09. The minimum absolute atomic E-state index is 0.0209. The molecular formula is C22H25N3O4. The van der Waals surface area contributed by atoms with Crippen molar-refractivity contribution in [2.45, 2.75) is 44.0 Å². The fraction of sp³-hybridized carbons (Fsp3) is 0.318. The van der Waals surface area contributed by atoms with Gasteiger partial charge in [-0.1, -0.05) is 60.7 Å². The molecule has 29 heavy (non-hydrogen) atoms. The van der Waals surface area contributed by atoms with E-state index in [1.807, 2.05) is 60.7 Å². The maximum atomic E-state index is 12.2. The van der Waals surface area contributed by atoms with Crippen molar-refractivity contribution in [2.75, 3.05) is 0 Å². The Hall–Kier alpha value is -3.19. The third kappa shape index (κ3) is 6.15. The van der Waals surface area contributed by atoms with Gasteiger partial charge in [-0.2, -0.15) is 0 Å². The number of hydrogen-bond acceptors (Lipinski definition) is 5. The van der Waals surface area contributed by atoms with E-state index in [1.165, 1.54) is 0 Å². The topological polar surface area (TPSA) is 111 Å². The molecule has 0 aromatic heterocycles. The average Bonchev–Trinajstić information content (AvgIpc) is 3.06. The van der Waals surface area contributed by atoms with Gasteiger partial charge in [0.2, 0.25) is 11.8 Å². The molecule has 0 bridgehead atoms. The highest BCUT2D eigenvalue weighted by Gasteiger charge is 2.36. The maximum Gasteiger partial charge on any atom is 0.308 e. The number of ether oxygens (including phenoxy) is 1. The zero-order chi connectivity index (χ0) is 20.6. The van der Waals surface area contributed by atoms with Crippen LogP contribution in [0.2, 0.25) is 0 Å². The first-order valence-electron chi connectivity index (χ1n) is 9.59. The second-order valence-corrected chi connectivity index (χ2v) is 7.15. The summed E-state index contributed by atoms with van der Waals surface area (Å²) in [6.45, 7) is 0.177. The Bertz CT molecular complexity index is 842. The predicted octanol–water partition coefficient (Wildman–Crippen LogP) is 1.06. The van der Waals surface area contributed by atoms with Crippen molar-refractivity contribution in [3.8, 4) is 0 Å². The number of esters is 1. The summed E-state index contributed by atoms with van der Waals surface area (Å²) in [5.41, 5.74) is 7.41. The van der Waals surface area contributed by atoms with Crippen molar-refractivity contribution in [3.63, 3.8) is 0 Å². The minimum atomic E-state index is -0.641. The van der Waals surface area contributed by atoms with Crippen LogP contribution >= 0.6 is 0 Å². The number of nitrogens with one attached hydrogen (secondary N) is 2. The van der Waals surface area contributed by atoms with Crippen LogP contribution in [0, 0.1) is 0 Å². The monoisotopic (exact) mass is 395 g/mol. The van der Waals surface area contributed by atoms with Crippen molar-refractivity contribution < 1.29 is 19.1 Å². The summed E-state index contributed by atoms with van der Waals surface area (Å²) in [7, 11) is 0. The lowest BCUT2D eigenvalue weighted by Crippen LogP contribution is -2.52. The van der Waals surface area contributed by atoms with Crippen LogP contribution < -0.4 is 16.4 Å². The number of nitrogens with two attached hydrogens (primary N) is 1. The van der Waals surface area contributed by atoms with Gasteiger partial charge in [-0.3, -0.25) is 14.4 Å². The fourth-order valence-electron chi connectivity index (χ4n) is 3.40. The smallest absolute Gasteiger partial charge is 0.308 e. The zero-order valence-electron chi connectivity index (χ0n) is 16.0. The lowest BCUT2D eigenvalue weighted by Gasteiger charge is -2.24. The van der Waals surface area contributed by atoms with Crippen LogP contribution in [0.5, 0.6) is 0 Å². The van der Waals surface area contributed by atoms with Gasteiger partial charge in [-0.25, -0.2) is 0 Å². The molecule has 0 spiro atoms. The van der Waals surface area contributed by atoms with Gasteiger partial charge in [-0.15, -0.1) is 0 Å². The Morgan fingerprint density at radius 1 is 1.07 bits per heavy atom. The summed E-state index contributed by atoms with van der Waals surface area (Å²) in [6, 6.07) is 17.4. The number of carbonyl (C=O) groups excluding carboxylic acids is 3. The van der Waals surface area contributed by atoms with E-state index in [0.29, 0.717) is 6.42 Å². The summed E-state index contributed by atoms with van der Waals surface area (Å²) < 4.78 is 5.31. The molecular weight excluding hydrogens is 370 g/mol. The molecule has 4 N–H and O–H groups in total. The molecule has 2 amide bonds. The summed E-state index contributed by atoms with van der Waals surface area (Å²) >= 11 is 0. The van der Waals surface area contributed by atoms with Gasteiger partial charge < -0.3 is 21.1 Å². The summed E-state index contributed by atoms with van der Waals surface area (Å²) in [4.78, 5) is 36.1. The first kappa shape index (κ1) is 20.5. The van der Waals surface area contributed by atoms with Crippen molar-refractivity contribution in [3.05, 3.63) is 71.8 Å². The second kappa shape index (κ2) is 9.84. The molecule has 1 aliphatic heterocycles. The van der Waals surface area contributed by atoms with E-state index in [-0.39, 0.29) is 31.4 Å². The Balaban J connectivity index is 1.57. The number of hydrogen-bond donors (Lipinski definition) is 3. The Kier molecular flexibility index (Phi) is 6.97. The third-order valence-electron chi connectivity index (χ3n) is 4.91. The van der Waals surface area contributed by atoms with Crippen LogP contribution in [0.15, 0.2) is 60.7 Å². The zero-order valence-corrected chi connectivity index (χ0v) is 16.0. The summed E-state index contributed by atoms with van der Waals surface area (Å²) in [6.07, 6.45) is 0.605. The maximum absolute atomic E-state index is 12.2. The number of benzene rings is 2. The molecule has 1 fully saturated rings. The summed E-state index contributed by atoms with van der Waals surface area (Å²) in [5, 5.41) is 5.94. The lowest BCUT2D eigenvalue weighted by atomic mass is 10.0. The van der Waals surface area contributed by atoms with Crippen molar-refractivity contribution in [2.24, 2.45) is 5.73 Å². The van der Waals surface area contributed by atoms with Gasteiger partial charge in [0.05, 0.1) is 18.5 Å². The van der Waals surface area contributed by atoms with Crippen LogP contribution in [-0.4, -0.2) is 35.9 Å². The Labute approximate surface area is 169 Å². The van der Waals surface area contributed by atoms with Gasteiger partial charge in [-0.05, 0) is 17.5 Å². The normalized spacial score (nSPS) is 19.4. The van der Waals surface area contributed by atoms with Crippen LogP contribution in [0.4, 0.5) is 0 Å². The van der Waals surface area contributed by atoms with Crippen LogP contribution in [0.1, 0.15) is 24.0 Å². The first-order valence-corrected chi connectivity index (χ1v) is 9.59. The van der Waals surface area contributed by atoms with Gasteiger partial charge in [0, 0.05) is 12.5 Å². The van der Waals surface area contributed by atoms with Gasteiger partial charge in [0.1, 0.15) is 6.61 Å². The molecule has 7 heteroatoms. The molecule has 1 aliphatic rings. The van der Waals surface area contributed by atoms with E-state index in [4.69, 9.17) is 10.5 Å². The van der Waals surface area contributed by atoms with Crippen molar-refractivity contribution >= 4 is 17.8 Å². The van der Waals surface area contributed by atoms with Gasteiger partial charge >= 0.3 is 5.97 Å². The SMILES string of the molecule is NC(=O)C(Cc1ccccc1)N[C@H]1CC(=O)N[C@H]1CC(=O)OCc1ccccc1. The molecule has 0 saturated carbocycles. The highest BCUT2D eigenvalue weighted by molar-refractivity contribution is 5.83. The molecule has 152 valence electrons. The number of carbonyl (C=O) groups is 3. The minimum Gasteiger partial charge on any atom is -0.461 e. The van der Waals surface area contributed by atoms with Crippen molar-refractivity contribution in [1.29, 1.82) is 0 Å². The average molecular weight is 395 g/mol. The number of rotatable bonds is 9. The van der Waals surface area contributed by atoms with Crippen molar-refractivity contribution in [1.82, 2.24) is 10.6 Å². The van der Waals surface area contributed by atoms with Gasteiger partial charge in [0.25, 0.3) is 0 Å². The molecule has 1 saturated heterocycles. The fourth-order valence-corrected chi connectivity index (χ4v) is 3.40. The predicted molar refractivity (Wildman–Crippen MR) is 107 cm³/mol. The standard InChI is InChI=1S/C22H25N3O4/c23-22(28)19(11-15-7-3-1-4-8-15)24-17-12-20(26)25-18(17)13-21(27)29-14-16-9-5-2-6-10-16/h1-10,17-19,24H,11-14H2,(H2,23,28)(H,25,26)/t17-,18-,19?/m0/s1. The van der Waals surface area contributed by atoms with Crippen LogP contribution in [0.25, 0.3) is 0 Å². The van der Waals surface area contributed by atoms with Gasteiger partial charge in [0.15, 0.2) is 0 Å². The lowest BCUT2D eigenvalue weighted by molar-refractivity contribution is -0.145. The molecule has 3 rings (SSSR count). The second-order valence-electron chi connectivity index (χ2n) is 7.15. The van der Waals surface area contributed by atoms with E-state index in [2.05, 4.69) is 10.6 Å². The third-order valence-corrected chi connectivity index (χ3v) is 4.91. The molecule has 2 aromatic carbocycles. The van der Waals surface area contributed by atoms with E-state index in [0.717, 1.165) is 11.1 Å².